The van der Waals surface area contributed by atoms with Crippen LogP contribution in [0.4, 0.5) is 0 Å². The maximum atomic E-state index is 13.2. The fourth-order valence-corrected chi connectivity index (χ4v) is 4.14. The summed E-state index contributed by atoms with van der Waals surface area (Å²) in [5.74, 6) is 1.83. The van der Waals surface area contributed by atoms with Gasteiger partial charge >= 0.3 is 0 Å². The van der Waals surface area contributed by atoms with Crippen LogP contribution in [-0.2, 0) is 17.8 Å². The summed E-state index contributed by atoms with van der Waals surface area (Å²) in [6.45, 7) is 3.20. The highest BCUT2D eigenvalue weighted by Gasteiger charge is 2.41. The smallest absolute Gasteiger partial charge is 0.227 e. The van der Waals surface area contributed by atoms with Gasteiger partial charge in [0.15, 0.2) is 0 Å². The summed E-state index contributed by atoms with van der Waals surface area (Å²) in [7, 11) is 3.79. The predicted octanol–water partition coefficient (Wildman–Crippen LogP) is 3.12. The molecule has 1 amide bonds. The molecular weight excluding hydrogens is 352 g/mol. The molecule has 0 saturated carbocycles. The SMILES string of the molecule is COc1cccc(CC(=O)N2Cc3ccccc3OC3(CCN(C)CC3)C2)c1. The molecule has 1 saturated heterocycles. The summed E-state index contributed by atoms with van der Waals surface area (Å²) in [4.78, 5) is 17.5. The van der Waals surface area contributed by atoms with Gasteiger partial charge in [-0.25, -0.2) is 0 Å². The highest BCUT2D eigenvalue weighted by atomic mass is 16.5. The number of para-hydroxylation sites is 1. The van der Waals surface area contributed by atoms with Gasteiger partial charge in [-0.05, 0) is 30.8 Å². The highest BCUT2D eigenvalue weighted by Crippen LogP contribution is 2.35. The molecule has 0 radical (unpaired) electrons. The Kier molecular flexibility index (Phi) is 5.27. The largest absolute Gasteiger partial charge is 0.497 e. The molecule has 5 heteroatoms. The zero-order valence-electron chi connectivity index (χ0n) is 16.7. The van der Waals surface area contributed by atoms with E-state index in [2.05, 4.69) is 18.0 Å². The number of amides is 1. The maximum Gasteiger partial charge on any atom is 0.227 e. The lowest BCUT2D eigenvalue weighted by Gasteiger charge is -2.41. The lowest BCUT2D eigenvalue weighted by atomic mass is 9.90. The Morgan fingerprint density at radius 1 is 1.14 bits per heavy atom. The second-order valence-electron chi connectivity index (χ2n) is 7.97. The molecule has 2 aromatic carbocycles. The number of nitrogens with zero attached hydrogens (tertiary/aromatic N) is 2. The van der Waals surface area contributed by atoms with Crippen LogP contribution < -0.4 is 9.47 Å². The Labute approximate surface area is 166 Å². The highest BCUT2D eigenvalue weighted by molar-refractivity contribution is 5.79. The number of fused-ring (bicyclic) bond motifs is 1. The molecule has 0 bridgehead atoms. The molecule has 2 aliphatic heterocycles. The lowest BCUT2D eigenvalue weighted by molar-refractivity contribution is -0.134. The van der Waals surface area contributed by atoms with Gasteiger partial charge < -0.3 is 19.3 Å². The zero-order chi connectivity index (χ0) is 19.6. The van der Waals surface area contributed by atoms with Gasteiger partial charge in [-0.3, -0.25) is 4.79 Å². The number of carbonyl (C=O) groups excluding carboxylic acids is 1. The number of hydrogen-bond donors (Lipinski definition) is 0. The third kappa shape index (κ3) is 3.99. The van der Waals surface area contributed by atoms with Gasteiger partial charge in [0.05, 0.1) is 20.1 Å². The van der Waals surface area contributed by atoms with Crippen molar-refractivity contribution in [1.82, 2.24) is 9.80 Å². The normalized spacial score (nSPS) is 18.9. The van der Waals surface area contributed by atoms with Gasteiger partial charge in [0.25, 0.3) is 0 Å². The van der Waals surface area contributed by atoms with Crippen LogP contribution in [-0.4, -0.2) is 55.1 Å². The van der Waals surface area contributed by atoms with Crippen LogP contribution in [0, 0.1) is 0 Å². The van der Waals surface area contributed by atoms with Gasteiger partial charge in [0.1, 0.15) is 17.1 Å². The number of benzene rings is 2. The fourth-order valence-electron chi connectivity index (χ4n) is 4.14. The first-order valence-electron chi connectivity index (χ1n) is 9.93. The first-order chi connectivity index (χ1) is 13.6. The standard InChI is InChI=1S/C23H28N2O3/c1-24-12-10-23(11-13-24)17-25(16-19-7-3-4-9-21(19)28-23)22(26)15-18-6-5-8-20(14-18)27-2/h3-9,14H,10-13,15-17H2,1-2H3. The molecule has 1 fully saturated rings. The second-order valence-corrected chi connectivity index (χ2v) is 7.97. The fraction of sp³-hybridized carbons (Fsp3) is 0.435. The third-order valence-electron chi connectivity index (χ3n) is 5.88. The molecule has 148 valence electrons. The monoisotopic (exact) mass is 380 g/mol. The van der Waals surface area contributed by atoms with E-state index in [0.717, 1.165) is 48.6 Å². The van der Waals surface area contributed by atoms with Gasteiger partial charge in [0, 0.05) is 38.0 Å². The predicted molar refractivity (Wildman–Crippen MR) is 109 cm³/mol. The van der Waals surface area contributed by atoms with Crippen molar-refractivity contribution in [2.75, 3.05) is 33.8 Å². The average molecular weight is 380 g/mol. The number of methoxy groups -OCH3 is 1. The van der Waals surface area contributed by atoms with Crippen LogP contribution in [0.3, 0.4) is 0 Å². The minimum absolute atomic E-state index is 0.131. The number of hydrogen-bond acceptors (Lipinski definition) is 4. The van der Waals surface area contributed by atoms with Crippen LogP contribution in [0.5, 0.6) is 11.5 Å². The van der Waals surface area contributed by atoms with Crippen molar-refractivity contribution in [3.05, 3.63) is 59.7 Å². The Morgan fingerprint density at radius 2 is 1.93 bits per heavy atom. The van der Waals surface area contributed by atoms with E-state index in [1.54, 1.807) is 7.11 Å². The molecule has 2 aromatic rings. The van der Waals surface area contributed by atoms with Crippen molar-refractivity contribution < 1.29 is 14.3 Å². The molecule has 5 nitrogen and oxygen atoms in total. The van der Waals surface area contributed by atoms with Crippen molar-refractivity contribution in [3.63, 3.8) is 0 Å². The minimum atomic E-state index is -0.302. The van der Waals surface area contributed by atoms with Crippen LogP contribution in [0.15, 0.2) is 48.5 Å². The van der Waals surface area contributed by atoms with Crippen LogP contribution in [0.1, 0.15) is 24.0 Å². The van der Waals surface area contributed by atoms with Crippen molar-refractivity contribution in [1.29, 1.82) is 0 Å². The quantitative estimate of drug-likeness (QED) is 0.821. The number of rotatable bonds is 3. The van der Waals surface area contributed by atoms with E-state index < -0.39 is 0 Å². The Bertz CT molecular complexity index is 843. The number of ether oxygens (including phenoxy) is 2. The van der Waals surface area contributed by atoms with Crippen LogP contribution in [0.2, 0.25) is 0 Å². The Balaban J connectivity index is 1.59. The van der Waals surface area contributed by atoms with Crippen molar-refractivity contribution in [2.45, 2.75) is 31.4 Å². The molecule has 4 rings (SSSR count). The molecule has 2 aliphatic rings. The summed E-state index contributed by atoms with van der Waals surface area (Å²) < 4.78 is 11.9. The van der Waals surface area contributed by atoms with Gasteiger partial charge in [-0.15, -0.1) is 0 Å². The Morgan fingerprint density at radius 3 is 2.71 bits per heavy atom. The van der Waals surface area contributed by atoms with E-state index in [-0.39, 0.29) is 11.5 Å². The molecule has 0 aromatic heterocycles. The van der Waals surface area contributed by atoms with E-state index in [9.17, 15) is 4.79 Å². The van der Waals surface area contributed by atoms with Crippen molar-refractivity contribution in [2.24, 2.45) is 0 Å². The summed E-state index contributed by atoms with van der Waals surface area (Å²) in [6.07, 6.45) is 2.23. The maximum absolute atomic E-state index is 13.2. The van der Waals surface area contributed by atoms with Crippen molar-refractivity contribution in [3.8, 4) is 11.5 Å². The molecule has 0 aliphatic carbocycles. The first kappa shape index (κ1) is 18.8. The molecule has 1 spiro atoms. The minimum Gasteiger partial charge on any atom is -0.497 e. The molecule has 28 heavy (non-hydrogen) atoms. The molecular formula is C23H28N2O3. The lowest BCUT2D eigenvalue weighted by Crippen LogP contribution is -2.53. The summed E-state index contributed by atoms with van der Waals surface area (Å²) in [6, 6.07) is 15.9. The number of piperidine rings is 1. The van der Waals surface area contributed by atoms with Gasteiger partial charge in [0.2, 0.25) is 5.91 Å². The second kappa shape index (κ2) is 7.84. The summed E-state index contributed by atoms with van der Waals surface area (Å²) in [5, 5.41) is 0. The van der Waals surface area contributed by atoms with E-state index in [1.807, 2.05) is 47.4 Å². The third-order valence-corrected chi connectivity index (χ3v) is 5.88. The Hall–Kier alpha value is -2.53. The summed E-state index contributed by atoms with van der Waals surface area (Å²) >= 11 is 0. The number of likely N-dealkylation sites (tertiary alicyclic amines) is 1. The van der Waals surface area contributed by atoms with E-state index in [1.165, 1.54) is 0 Å². The van der Waals surface area contributed by atoms with E-state index >= 15 is 0 Å². The zero-order valence-corrected chi connectivity index (χ0v) is 16.7. The molecule has 0 atom stereocenters. The van der Waals surface area contributed by atoms with Crippen molar-refractivity contribution >= 4 is 5.91 Å². The molecule has 2 heterocycles. The molecule has 0 N–H and O–H groups in total. The van der Waals surface area contributed by atoms with Crippen LogP contribution >= 0.6 is 0 Å². The topological polar surface area (TPSA) is 42.0 Å². The van der Waals surface area contributed by atoms with E-state index in [0.29, 0.717) is 19.5 Å². The number of carbonyl (C=O) groups is 1. The van der Waals surface area contributed by atoms with Crippen LogP contribution in [0.25, 0.3) is 0 Å². The molecule has 0 unspecified atom stereocenters. The first-order valence-corrected chi connectivity index (χ1v) is 9.93. The average Bonchev–Trinajstić information content (AvgIpc) is 2.87. The van der Waals surface area contributed by atoms with E-state index in [4.69, 9.17) is 9.47 Å². The van der Waals surface area contributed by atoms with Gasteiger partial charge in [-0.2, -0.15) is 0 Å². The summed E-state index contributed by atoms with van der Waals surface area (Å²) in [5.41, 5.74) is 1.75. The van der Waals surface area contributed by atoms with Gasteiger partial charge in [-0.1, -0.05) is 30.3 Å².